The molecule has 0 unspecified atom stereocenters. The summed E-state index contributed by atoms with van der Waals surface area (Å²) in [5, 5.41) is 18.3. The molecule has 0 amide bonds. The molecule has 1 N–H and O–H groups in total. The SMILES string of the molecule is CC(C)(C)C(=O)/C=C(\O)C(C)(C)C.CC(C)Cc1ccc2ccc3c4ccnc5c4c(cc3c2c1)C(C)(C)c1nc2ccccc2[c-]c1-5.[Ir]. The van der Waals surface area contributed by atoms with Gasteiger partial charge in [-0.1, -0.05) is 135 Å². The van der Waals surface area contributed by atoms with Gasteiger partial charge in [0.15, 0.2) is 5.78 Å². The van der Waals surface area contributed by atoms with Crippen LogP contribution in [-0.4, -0.2) is 20.9 Å². The number of carbonyl (C=O) groups excluding carboxylic acids is 1. The summed E-state index contributed by atoms with van der Waals surface area (Å²) in [5.41, 5.74) is 5.75. The minimum atomic E-state index is -0.417. The first-order chi connectivity index (χ1) is 22.5. The second-order valence-corrected chi connectivity index (χ2v) is 16.3. The van der Waals surface area contributed by atoms with Gasteiger partial charge in [0.05, 0.1) is 0 Å². The van der Waals surface area contributed by atoms with Crippen LogP contribution in [0.5, 0.6) is 0 Å². The van der Waals surface area contributed by atoms with Crippen molar-refractivity contribution in [3.05, 3.63) is 108 Å². The number of pyridine rings is 2. The van der Waals surface area contributed by atoms with Crippen LogP contribution in [0.15, 0.2) is 84.8 Å². The summed E-state index contributed by atoms with van der Waals surface area (Å²) in [7, 11) is 0. The molecule has 0 spiro atoms. The molecule has 2 aromatic heterocycles. The molecule has 7 rings (SSSR count). The molecule has 6 aromatic rings. The number of benzene rings is 4. The number of hydrogen-bond acceptors (Lipinski definition) is 4. The molecular weight excluding hydrogens is 781 g/mol. The van der Waals surface area contributed by atoms with E-state index in [4.69, 9.17) is 9.97 Å². The number of para-hydroxylation sites is 1. The average Bonchev–Trinajstić information content (AvgIpc) is 3.01. The van der Waals surface area contributed by atoms with Gasteiger partial charge in [0, 0.05) is 54.3 Å². The van der Waals surface area contributed by atoms with Gasteiger partial charge in [-0.3, -0.25) is 9.78 Å². The molecule has 0 fully saturated rings. The van der Waals surface area contributed by atoms with Crippen molar-refractivity contribution in [2.45, 2.75) is 81.1 Å². The number of aliphatic hydroxyl groups is 1. The van der Waals surface area contributed by atoms with Crippen LogP contribution in [0.2, 0.25) is 0 Å². The molecule has 0 atom stereocenters. The summed E-state index contributed by atoms with van der Waals surface area (Å²) in [4.78, 5) is 21.6. The molecule has 1 aliphatic rings. The third kappa shape index (κ3) is 6.81. The number of carbonyl (C=O) groups is 1. The van der Waals surface area contributed by atoms with E-state index in [0.717, 1.165) is 34.3 Å². The molecule has 4 nitrogen and oxygen atoms in total. The molecule has 2 heterocycles. The van der Waals surface area contributed by atoms with Gasteiger partial charge in [-0.25, -0.2) is 0 Å². The van der Waals surface area contributed by atoms with E-state index in [2.05, 4.69) is 94.4 Å². The number of fused-ring (bicyclic) bond motifs is 7. The van der Waals surface area contributed by atoms with Gasteiger partial charge in [0.2, 0.25) is 0 Å². The van der Waals surface area contributed by atoms with E-state index in [9.17, 15) is 9.90 Å². The average molecular weight is 828 g/mol. The van der Waals surface area contributed by atoms with Crippen LogP contribution >= 0.6 is 0 Å². The minimum Gasteiger partial charge on any atom is -0.512 e. The Kier molecular flexibility index (Phi) is 9.71. The van der Waals surface area contributed by atoms with Crippen molar-refractivity contribution < 1.29 is 30.0 Å². The van der Waals surface area contributed by atoms with E-state index in [-0.39, 0.29) is 42.5 Å². The summed E-state index contributed by atoms with van der Waals surface area (Å²) in [6.07, 6.45) is 4.37. The Morgan fingerprint density at radius 2 is 1.57 bits per heavy atom. The van der Waals surface area contributed by atoms with Gasteiger partial charge >= 0.3 is 0 Å². The van der Waals surface area contributed by atoms with Crippen LogP contribution in [0.1, 0.15) is 86.1 Å². The predicted octanol–water partition coefficient (Wildman–Crippen LogP) is 11.5. The first kappa shape index (κ1) is 36.4. The minimum absolute atomic E-state index is 0. The Labute approximate surface area is 304 Å². The molecule has 0 saturated carbocycles. The zero-order valence-corrected chi connectivity index (χ0v) is 32.8. The number of hydrogen-bond donors (Lipinski definition) is 1. The maximum atomic E-state index is 11.5. The van der Waals surface area contributed by atoms with Crippen LogP contribution in [0.4, 0.5) is 0 Å². The number of rotatable bonds is 3. The van der Waals surface area contributed by atoms with Crippen molar-refractivity contribution in [1.29, 1.82) is 0 Å². The van der Waals surface area contributed by atoms with E-state index in [0.29, 0.717) is 5.92 Å². The largest absolute Gasteiger partial charge is 0.512 e. The van der Waals surface area contributed by atoms with E-state index < -0.39 is 5.41 Å². The smallest absolute Gasteiger partial charge is 0.164 e. The number of ketones is 1. The van der Waals surface area contributed by atoms with Crippen molar-refractivity contribution in [3.63, 3.8) is 0 Å². The Morgan fingerprint density at radius 3 is 2.24 bits per heavy atom. The number of aliphatic hydroxyl groups excluding tert-OH is 1. The molecule has 0 bridgehead atoms. The summed E-state index contributed by atoms with van der Waals surface area (Å²) in [6, 6.07) is 28.1. The third-order valence-corrected chi connectivity index (χ3v) is 9.48. The maximum Gasteiger partial charge on any atom is 0.164 e. The van der Waals surface area contributed by atoms with Crippen LogP contribution in [0.25, 0.3) is 54.5 Å². The summed E-state index contributed by atoms with van der Waals surface area (Å²) in [5.74, 6) is 0.734. The maximum absolute atomic E-state index is 11.5. The van der Waals surface area contributed by atoms with E-state index in [1.807, 2.05) is 53.8 Å². The topological polar surface area (TPSA) is 63.1 Å². The van der Waals surface area contributed by atoms with E-state index >= 15 is 0 Å². The predicted molar refractivity (Wildman–Crippen MR) is 202 cm³/mol. The Balaban J connectivity index is 0.000000288. The van der Waals surface area contributed by atoms with E-state index in [1.165, 1.54) is 49.5 Å². The first-order valence-electron chi connectivity index (χ1n) is 17.0. The van der Waals surface area contributed by atoms with Gasteiger partial charge in [-0.2, -0.15) is 0 Å². The summed E-state index contributed by atoms with van der Waals surface area (Å²) >= 11 is 0. The third-order valence-electron chi connectivity index (χ3n) is 9.48. The quantitative estimate of drug-likeness (QED) is 0.0835. The standard InChI is InChI=1S/C33H27N2.C11H20O2.Ir/c1-19(2)15-20-9-10-21-11-12-23-24-13-14-34-31-27-17-22-7-5-6-8-29(22)35-32(27)33(3,4)28(30(24)31)18-26(23)25(21)16-20;1-10(2,3)8(12)7-9(13)11(4,5)6;/h5-14,16,18-19H,15H2,1-4H3;7,12H,1-6H3;/q-1;;/b;8-7-;. The van der Waals surface area contributed by atoms with Crippen LogP contribution in [0, 0.1) is 22.8 Å². The first-order valence-corrected chi connectivity index (χ1v) is 17.0. The van der Waals surface area contributed by atoms with Crippen molar-refractivity contribution in [3.8, 4) is 11.3 Å². The van der Waals surface area contributed by atoms with Gasteiger partial charge in [-0.15, -0.1) is 12.1 Å². The number of allylic oxidation sites excluding steroid dienone is 2. The molecule has 255 valence electrons. The number of nitrogens with zero attached hydrogens (tertiary/aromatic N) is 2. The molecule has 0 saturated heterocycles. The monoisotopic (exact) mass is 828 g/mol. The summed E-state index contributed by atoms with van der Waals surface area (Å²) < 4.78 is 0. The molecule has 4 aromatic carbocycles. The second kappa shape index (κ2) is 13.1. The fourth-order valence-corrected chi connectivity index (χ4v) is 6.59. The van der Waals surface area contributed by atoms with Gasteiger partial charge in [0.1, 0.15) is 5.76 Å². The van der Waals surface area contributed by atoms with Crippen molar-refractivity contribution >= 4 is 49.0 Å². The zero-order valence-electron chi connectivity index (χ0n) is 30.4. The fourth-order valence-electron chi connectivity index (χ4n) is 6.59. The van der Waals surface area contributed by atoms with Crippen molar-refractivity contribution in [2.24, 2.45) is 16.7 Å². The Bertz CT molecular complexity index is 2270. The Morgan fingerprint density at radius 1 is 0.878 bits per heavy atom. The van der Waals surface area contributed by atoms with Gasteiger partial charge < -0.3 is 10.1 Å². The number of aromatic nitrogens is 2. The second-order valence-electron chi connectivity index (χ2n) is 16.3. The van der Waals surface area contributed by atoms with Gasteiger partial charge in [0.25, 0.3) is 0 Å². The van der Waals surface area contributed by atoms with Crippen molar-refractivity contribution in [2.75, 3.05) is 0 Å². The molecule has 1 aliphatic carbocycles. The zero-order chi connectivity index (χ0) is 34.8. The van der Waals surface area contributed by atoms with Crippen LogP contribution in [-0.2, 0) is 36.7 Å². The fraction of sp³-hybridized carbons (Fsp3) is 0.341. The van der Waals surface area contributed by atoms with Crippen molar-refractivity contribution in [1.82, 2.24) is 9.97 Å². The molecule has 5 heteroatoms. The van der Waals surface area contributed by atoms with Gasteiger partial charge in [-0.05, 0) is 73.1 Å². The molecule has 1 radical (unpaired) electrons. The van der Waals surface area contributed by atoms with E-state index in [1.54, 1.807) is 0 Å². The Hall–Kier alpha value is -3.92. The summed E-state index contributed by atoms with van der Waals surface area (Å²) in [6.45, 7) is 20.3. The van der Waals surface area contributed by atoms with Crippen LogP contribution in [0.3, 0.4) is 0 Å². The normalized spacial score (nSPS) is 14.1. The molecular formula is C44H47IrN2O2-. The molecule has 0 aliphatic heterocycles. The van der Waals surface area contributed by atoms with Crippen LogP contribution < -0.4 is 0 Å². The molecule has 49 heavy (non-hydrogen) atoms.